The number of ether oxygens (including phenoxy) is 3. The first-order valence-electron chi connectivity index (χ1n) is 9.84. The topological polar surface area (TPSA) is 69.9 Å². The molecule has 6 heteroatoms. The summed E-state index contributed by atoms with van der Waals surface area (Å²) in [5.74, 6) is 1.41. The molecule has 6 nitrogen and oxygen atoms in total. The SMILES string of the molecule is CCOc1ccc(C(=O)Nc2cc3oc4ccccc4c3cc2OC)cc1OCC. The molecular formula is C24H23NO5. The normalized spacial score (nSPS) is 10.9. The van der Waals surface area contributed by atoms with E-state index in [-0.39, 0.29) is 5.91 Å². The lowest BCUT2D eigenvalue weighted by molar-refractivity contribution is 0.102. The average molecular weight is 405 g/mol. The van der Waals surface area contributed by atoms with Gasteiger partial charge < -0.3 is 23.9 Å². The minimum absolute atomic E-state index is 0.284. The van der Waals surface area contributed by atoms with E-state index in [0.717, 1.165) is 16.4 Å². The summed E-state index contributed by atoms with van der Waals surface area (Å²) >= 11 is 0. The molecule has 30 heavy (non-hydrogen) atoms. The summed E-state index contributed by atoms with van der Waals surface area (Å²) in [6, 6.07) is 16.6. The Morgan fingerprint density at radius 2 is 1.63 bits per heavy atom. The maximum Gasteiger partial charge on any atom is 0.255 e. The van der Waals surface area contributed by atoms with Crippen LogP contribution in [-0.2, 0) is 0 Å². The van der Waals surface area contributed by atoms with Crippen LogP contribution in [0.3, 0.4) is 0 Å². The summed E-state index contributed by atoms with van der Waals surface area (Å²) in [7, 11) is 1.57. The lowest BCUT2D eigenvalue weighted by atomic mass is 10.1. The van der Waals surface area contributed by atoms with Gasteiger partial charge in [0, 0.05) is 22.4 Å². The molecule has 0 unspecified atom stereocenters. The predicted molar refractivity (Wildman–Crippen MR) is 117 cm³/mol. The molecule has 0 saturated carbocycles. The summed E-state index contributed by atoms with van der Waals surface area (Å²) in [6.07, 6.45) is 0. The van der Waals surface area contributed by atoms with Gasteiger partial charge >= 0.3 is 0 Å². The summed E-state index contributed by atoms with van der Waals surface area (Å²) in [4.78, 5) is 12.9. The monoisotopic (exact) mass is 405 g/mol. The Morgan fingerprint density at radius 3 is 2.40 bits per heavy atom. The highest BCUT2D eigenvalue weighted by atomic mass is 16.5. The number of rotatable bonds is 7. The molecule has 3 aromatic carbocycles. The molecule has 154 valence electrons. The van der Waals surface area contributed by atoms with Gasteiger partial charge in [0.25, 0.3) is 5.91 Å². The van der Waals surface area contributed by atoms with Crippen LogP contribution >= 0.6 is 0 Å². The van der Waals surface area contributed by atoms with Crippen LogP contribution in [0.5, 0.6) is 17.2 Å². The zero-order valence-corrected chi connectivity index (χ0v) is 17.2. The third-order valence-corrected chi connectivity index (χ3v) is 4.75. The first-order valence-corrected chi connectivity index (χ1v) is 9.84. The number of hydrogen-bond donors (Lipinski definition) is 1. The van der Waals surface area contributed by atoms with Gasteiger partial charge in [-0.05, 0) is 44.2 Å². The fourth-order valence-electron chi connectivity index (χ4n) is 3.40. The zero-order chi connectivity index (χ0) is 21.1. The number of nitrogens with one attached hydrogen (secondary N) is 1. The van der Waals surface area contributed by atoms with Gasteiger partial charge in [-0.3, -0.25) is 4.79 Å². The van der Waals surface area contributed by atoms with Crippen LogP contribution < -0.4 is 19.5 Å². The number of benzene rings is 3. The van der Waals surface area contributed by atoms with E-state index in [9.17, 15) is 4.79 Å². The van der Waals surface area contributed by atoms with Crippen LogP contribution in [0.15, 0.2) is 59.0 Å². The van der Waals surface area contributed by atoms with Gasteiger partial charge in [0.15, 0.2) is 11.5 Å². The molecule has 0 saturated heterocycles. The molecule has 4 rings (SSSR count). The fraction of sp³-hybridized carbons (Fsp3) is 0.208. The van der Waals surface area contributed by atoms with Crippen molar-refractivity contribution in [3.8, 4) is 17.2 Å². The van der Waals surface area contributed by atoms with Crippen LogP contribution in [0.4, 0.5) is 5.69 Å². The molecule has 0 aliphatic heterocycles. The molecule has 0 radical (unpaired) electrons. The van der Waals surface area contributed by atoms with E-state index in [4.69, 9.17) is 18.6 Å². The van der Waals surface area contributed by atoms with E-state index in [2.05, 4.69) is 5.32 Å². The van der Waals surface area contributed by atoms with Crippen molar-refractivity contribution >= 4 is 33.5 Å². The standard InChI is InChI=1S/C24H23NO5/c1-4-28-20-11-10-15(12-23(20)29-5-2)24(26)25-18-14-21-17(13-22(18)27-3)16-8-6-7-9-19(16)30-21/h6-14H,4-5H2,1-3H3,(H,25,26). The minimum Gasteiger partial charge on any atom is -0.495 e. The van der Waals surface area contributed by atoms with E-state index >= 15 is 0 Å². The Hall–Kier alpha value is -3.67. The number of carbonyl (C=O) groups excluding carboxylic acids is 1. The van der Waals surface area contributed by atoms with Crippen molar-refractivity contribution in [2.75, 3.05) is 25.6 Å². The number of hydrogen-bond acceptors (Lipinski definition) is 5. The maximum atomic E-state index is 12.9. The lowest BCUT2D eigenvalue weighted by Crippen LogP contribution is -2.13. The van der Waals surface area contributed by atoms with Gasteiger partial charge in [-0.1, -0.05) is 18.2 Å². The van der Waals surface area contributed by atoms with Crippen molar-refractivity contribution < 1.29 is 23.4 Å². The first kappa shape index (κ1) is 19.6. The summed E-state index contributed by atoms with van der Waals surface area (Å²) in [6.45, 7) is 4.77. The molecule has 0 spiro atoms. The predicted octanol–water partition coefficient (Wildman–Crippen LogP) is 5.64. The molecule has 0 atom stereocenters. The van der Waals surface area contributed by atoms with E-state index in [1.165, 1.54) is 0 Å². The third-order valence-electron chi connectivity index (χ3n) is 4.75. The Balaban J connectivity index is 1.68. The lowest BCUT2D eigenvalue weighted by Gasteiger charge is -2.13. The Kier molecular flexibility index (Phi) is 5.48. The highest BCUT2D eigenvalue weighted by molar-refractivity contribution is 6.10. The number of anilines is 1. The van der Waals surface area contributed by atoms with Gasteiger partial charge in [-0.15, -0.1) is 0 Å². The van der Waals surface area contributed by atoms with Crippen molar-refractivity contribution in [3.05, 3.63) is 60.2 Å². The average Bonchev–Trinajstić information content (AvgIpc) is 3.12. The van der Waals surface area contributed by atoms with Crippen molar-refractivity contribution in [3.63, 3.8) is 0 Å². The minimum atomic E-state index is -0.284. The second kappa shape index (κ2) is 8.37. The van der Waals surface area contributed by atoms with Gasteiger partial charge in [0.2, 0.25) is 0 Å². The molecule has 1 heterocycles. The third kappa shape index (κ3) is 3.64. The molecular weight excluding hydrogens is 382 g/mol. The molecule has 0 aliphatic carbocycles. The summed E-state index contributed by atoms with van der Waals surface area (Å²) < 4.78 is 22.6. The van der Waals surface area contributed by atoms with Gasteiger partial charge in [-0.2, -0.15) is 0 Å². The highest BCUT2D eigenvalue weighted by Gasteiger charge is 2.16. The smallest absolute Gasteiger partial charge is 0.255 e. The second-order valence-electron chi connectivity index (χ2n) is 6.63. The van der Waals surface area contributed by atoms with E-state index < -0.39 is 0 Å². The number of fused-ring (bicyclic) bond motifs is 3. The number of furan rings is 1. The van der Waals surface area contributed by atoms with Gasteiger partial charge in [0.05, 0.1) is 26.0 Å². The van der Waals surface area contributed by atoms with Crippen LogP contribution in [-0.4, -0.2) is 26.2 Å². The maximum absolute atomic E-state index is 12.9. The molecule has 0 aliphatic rings. The Bertz CT molecular complexity index is 1210. The Morgan fingerprint density at radius 1 is 0.867 bits per heavy atom. The van der Waals surface area contributed by atoms with E-state index in [0.29, 0.717) is 47.3 Å². The molecule has 0 fully saturated rings. The molecule has 1 aromatic heterocycles. The van der Waals surface area contributed by atoms with Gasteiger partial charge in [-0.25, -0.2) is 0 Å². The molecule has 1 N–H and O–H groups in total. The number of methoxy groups -OCH3 is 1. The van der Waals surface area contributed by atoms with Crippen LogP contribution in [0, 0.1) is 0 Å². The van der Waals surface area contributed by atoms with E-state index in [1.807, 2.05) is 44.2 Å². The molecule has 4 aromatic rings. The quantitative estimate of drug-likeness (QED) is 0.431. The second-order valence-corrected chi connectivity index (χ2v) is 6.63. The molecule has 1 amide bonds. The van der Waals surface area contributed by atoms with Crippen LogP contribution in [0.1, 0.15) is 24.2 Å². The van der Waals surface area contributed by atoms with Crippen molar-refractivity contribution in [2.24, 2.45) is 0 Å². The van der Waals surface area contributed by atoms with Crippen molar-refractivity contribution in [1.82, 2.24) is 0 Å². The largest absolute Gasteiger partial charge is 0.495 e. The van der Waals surface area contributed by atoms with Gasteiger partial charge in [0.1, 0.15) is 16.9 Å². The van der Waals surface area contributed by atoms with E-state index in [1.54, 1.807) is 31.4 Å². The van der Waals surface area contributed by atoms with Crippen molar-refractivity contribution in [2.45, 2.75) is 13.8 Å². The van der Waals surface area contributed by atoms with Crippen LogP contribution in [0.25, 0.3) is 21.9 Å². The molecule has 0 bridgehead atoms. The number of para-hydroxylation sites is 1. The zero-order valence-electron chi connectivity index (χ0n) is 17.2. The Labute approximate surface area is 174 Å². The number of carbonyl (C=O) groups is 1. The van der Waals surface area contributed by atoms with Crippen LogP contribution in [0.2, 0.25) is 0 Å². The summed E-state index contributed by atoms with van der Waals surface area (Å²) in [5, 5.41) is 4.84. The summed E-state index contributed by atoms with van der Waals surface area (Å²) in [5.41, 5.74) is 2.44. The fourth-order valence-corrected chi connectivity index (χ4v) is 3.40. The first-order chi connectivity index (χ1) is 14.6. The highest BCUT2D eigenvalue weighted by Crippen LogP contribution is 2.37. The van der Waals surface area contributed by atoms with Crippen molar-refractivity contribution in [1.29, 1.82) is 0 Å². The number of amides is 1.